The Morgan fingerprint density at radius 3 is 2.58 bits per heavy atom. The third kappa shape index (κ3) is 4.54. The third-order valence-electron chi connectivity index (χ3n) is 2.90. The van der Waals surface area contributed by atoms with Crippen molar-refractivity contribution in [1.82, 2.24) is 4.98 Å². The van der Waals surface area contributed by atoms with Crippen molar-refractivity contribution < 1.29 is 27.5 Å². The number of alkyl halides is 3. The Morgan fingerprint density at radius 2 is 2.00 bits per heavy atom. The number of esters is 1. The molecule has 1 aromatic carbocycles. The van der Waals surface area contributed by atoms with E-state index in [-0.39, 0.29) is 5.69 Å². The van der Waals surface area contributed by atoms with Crippen LogP contribution in [0.1, 0.15) is 25.9 Å². The first-order valence-electron chi connectivity index (χ1n) is 6.75. The van der Waals surface area contributed by atoms with E-state index in [1.807, 2.05) is 0 Å². The molecule has 1 N–H and O–H groups in total. The summed E-state index contributed by atoms with van der Waals surface area (Å²) < 4.78 is 42.7. The molecule has 1 aromatic heterocycles. The lowest BCUT2D eigenvalue weighted by Gasteiger charge is -2.10. The van der Waals surface area contributed by atoms with Gasteiger partial charge in [-0.2, -0.15) is 13.2 Å². The molecule has 0 unspecified atom stereocenters. The second-order valence-corrected chi connectivity index (χ2v) is 6.05. The summed E-state index contributed by atoms with van der Waals surface area (Å²) in [6, 6.07) is 4.18. The predicted molar refractivity (Wildman–Crippen MR) is 81.9 cm³/mol. The molecule has 9 heteroatoms. The first-order valence-corrected chi connectivity index (χ1v) is 7.56. The van der Waals surface area contributed by atoms with Crippen LogP contribution in [0.15, 0.2) is 24.3 Å². The predicted octanol–water partition coefficient (Wildman–Crippen LogP) is 3.57. The molecular weight excluding hydrogens is 345 g/mol. The van der Waals surface area contributed by atoms with Gasteiger partial charge in [-0.25, -0.2) is 9.78 Å². The highest BCUT2D eigenvalue weighted by Crippen LogP contribution is 2.30. The number of halogens is 3. The summed E-state index contributed by atoms with van der Waals surface area (Å²) in [5.41, 5.74) is -0.412. The van der Waals surface area contributed by atoms with Crippen LogP contribution in [-0.2, 0) is 15.7 Å². The van der Waals surface area contributed by atoms with Crippen molar-refractivity contribution in [1.29, 1.82) is 0 Å². The zero-order valence-corrected chi connectivity index (χ0v) is 13.5. The lowest BCUT2D eigenvalue weighted by atomic mass is 10.2. The topological polar surface area (TPSA) is 68.3 Å². The van der Waals surface area contributed by atoms with E-state index in [9.17, 15) is 22.8 Å². The Kier molecular flexibility index (Phi) is 5.23. The molecule has 0 spiro atoms. The Balaban J connectivity index is 1.94. The minimum absolute atomic E-state index is 0.0318. The van der Waals surface area contributed by atoms with Gasteiger partial charge in [-0.15, -0.1) is 11.3 Å². The number of rotatable bonds is 4. The number of hydrogen-bond donors (Lipinski definition) is 1. The van der Waals surface area contributed by atoms with E-state index in [4.69, 9.17) is 4.74 Å². The van der Waals surface area contributed by atoms with E-state index in [0.717, 1.165) is 23.5 Å². The second kappa shape index (κ2) is 7.00. The summed E-state index contributed by atoms with van der Waals surface area (Å²) in [7, 11) is 0. The number of thiazole rings is 1. The van der Waals surface area contributed by atoms with Gasteiger partial charge in [0.05, 0.1) is 16.3 Å². The second-order valence-electron chi connectivity index (χ2n) is 4.85. The monoisotopic (exact) mass is 358 g/mol. The molecule has 1 amide bonds. The molecule has 0 aliphatic heterocycles. The zero-order chi connectivity index (χ0) is 17.9. The largest absolute Gasteiger partial charge is 0.451 e. The standard InChI is InChI=1S/C15H13F3N2O3S/c1-8-13(24-9(2)19-8)14(22)23-7-12(21)20-11-5-3-4-10(6-11)15(16,17)18/h3-6H,7H2,1-2H3,(H,20,21). The molecule has 0 aliphatic rings. The summed E-state index contributed by atoms with van der Waals surface area (Å²) in [6.45, 7) is 2.77. The molecule has 2 rings (SSSR count). The summed E-state index contributed by atoms with van der Waals surface area (Å²) in [5.74, 6) is -1.43. The van der Waals surface area contributed by atoms with Gasteiger partial charge in [0.1, 0.15) is 4.88 Å². The number of aryl methyl sites for hydroxylation is 2. The van der Waals surface area contributed by atoms with E-state index < -0.39 is 30.2 Å². The maximum Gasteiger partial charge on any atom is 0.416 e. The van der Waals surface area contributed by atoms with Gasteiger partial charge >= 0.3 is 12.1 Å². The highest BCUT2D eigenvalue weighted by Gasteiger charge is 2.30. The van der Waals surface area contributed by atoms with Crippen LogP contribution in [-0.4, -0.2) is 23.5 Å². The Hall–Kier alpha value is -2.42. The minimum Gasteiger partial charge on any atom is -0.451 e. The van der Waals surface area contributed by atoms with E-state index in [1.54, 1.807) is 13.8 Å². The fraction of sp³-hybridized carbons (Fsp3) is 0.267. The molecule has 0 saturated heterocycles. The van der Waals surface area contributed by atoms with Crippen molar-refractivity contribution in [2.45, 2.75) is 20.0 Å². The lowest BCUT2D eigenvalue weighted by Crippen LogP contribution is -2.21. The molecule has 24 heavy (non-hydrogen) atoms. The van der Waals surface area contributed by atoms with Crippen molar-refractivity contribution in [3.63, 3.8) is 0 Å². The maximum atomic E-state index is 12.6. The Morgan fingerprint density at radius 1 is 1.29 bits per heavy atom. The van der Waals surface area contributed by atoms with E-state index >= 15 is 0 Å². The number of amides is 1. The highest BCUT2D eigenvalue weighted by atomic mass is 32.1. The number of anilines is 1. The number of nitrogens with one attached hydrogen (secondary N) is 1. The smallest absolute Gasteiger partial charge is 0.416 e. The number of hydrogen-bond acceptors (Lipinski definition) is 5. The van der Waals surface area contributed by atoms with Crippen molar-refractivity contribution in [2.24, 2.45) is 0 Å². The fourth-order valence-electron chi connectivity index (χ4n) is 1.89. The molecule has 5 nitrogen and oxygen atoms in total. The molecule has 0 fully saturated rings. The van der Waals surface area contributed by atoms with Crippen LogP contribution in [0.5, 0.6) is 0 Å². The van der Waals surface area contributed by atoms with Gasteiger partial charge in [-0.3, -0.25) is 4.79 Å². The third-order valence-corrected chi connectivity index (χ3v) is 3.95. The average Bonchev–Trinajstić information content (AvgIpc) is 2.83. The van der Waals surface area contributed by atoms with E-state index in [2.05, 4.69) is 10.3 Å². The molecule has 2 aromatic rings. The van der Waals surface area contributed by atoms with Crippen LogP contribution in [0.2, 0.25) is 0 Å². The summed E-state index contributed by atoms with van der Waals surface area (Å²) in [5, 5.41) is 2.94. The average molecular weight is 358 g/mol. The van der Waals surface area contributed by atoms with Crippen LogP contribution in [0.3, 0.4) is 0 Å². The number of aromatic nitrogens is 1. The normalized spacial score (nSPS) is 11.2. The van der Waals surface area contributed by atoms with Crippen molar-refractivity contribution in [2.75, 3.05) is 11.9 Å². The molecule has 1 heterocycles. The fourth-order valence-corrected chi connectivity index (χ4v) is 2.70. The molecule has 0 bridgehead atoms. The van der Waals surface area contributed by atoms with Gasteiger partial charge in [-0.05, 0) is 32.0 Å². The van der Waals surface area contributed by atoms with Crippen molar-refractivity contribution in [3.8, 4) is 0 Å². The number of benzene rings is 1. The summed E-state index contributed by atoms with van der Waals surface area (Å²) >= 11 is 1.14. The molecule has 0 saturated carbocycles. The van der Waals surface area contributed by atoms with Crippen LogP contribution < -0.4 is 5.32 Å². The summed E-state index contributed by atoms with van der Waals surface area (Å²) in [6.07, 6.45) is -4.51. The first-order chi connectivity index (χ1) is 11.2. The van der Waals surface area contributed by atoms with Gasteiger partial charge < -0.3 is 10.1 Å². The van der Waals surface area contributed by atoms with Gasteiger partial charge in [0, 0.05) is 5.69 Å². The lowest BCUT2D eigenvalue weighted by molar-refractivity contribution is -0.137. The number of carbonyl (C=O) groups excluding carboxylic acids is 2. The van der Waals surface area contributed by atoms with Crippen LogP contribution in [0.4, 0.5) is 18.9 Å². The summed E-state index contributed by atoms with van der Waals surface area (Å²) in [4.78, 5) is 27.9. The number of carbonyl (C=O) groups is 2. The Labute approximate surface area is 139 Å². The number of ether oxygens (including phenoxy) is 1. The quantitative estimate of drug-likeness (QED) is 0.849. The highest BCUT2D eigenvalue weighted by molar-refractivity contribution is 7.13. The maximum absolute atomic E-state index is 12.6. The van der Waals surface area contributed by atoms with Crippen molar-refractivity contribution >= 4 is 28.9 Å². The van der Waals surface area contributed by atoms with Gasteiger partial charge in [0.25, 0.3) is 5.91 Å². The SMILES string of the molecule is Cc1nc(C)c(C(=O)OCC(=O)Nc2cccc(C(F)(F)F)c2)s1. The number of nitrogens with zero attached hydrogens (tertiary/aromatic N) is 1. The Bertz CT molecular complexity index is 772. The van der Waals surface area contributed by atoms with E-state index in [1.165, 1.54) is 12.1 Å². The van der Waals surface area contributed by atoms with Gasteiger partial charge in [0.15, 0.2) is 6.61 Å². The molecule has 128 valence electrons. The van der Waals surface area contributed by atoms with Gasteiger partial charge in [-0.1, -0.05) is 6.07 Å². The molecule has 0 atom stereocenters. The molecular formula is C15H13F3N2O3S. The molecule has 0 radical (unpaired) electrons. The van der Waals surface area contributed by atoms with Gasteiger partial charge in [0.2, 0.25) is 0 Å². The van der Waals surface area contributed by atoms with Crippen LogP contribution in [0.25, 0.3) is 0 Å². The van der Waals surface area contributed by atoms with Crippen LogP contribution >= 0.6 is 11.3 Å². The first kappa shape index (κ1) is 17.9. The molecule has 0 aliphatic carbocycles. The minimum atomic E-state index is -4.51. The zero-order valence-electron chi connectivity index (χ0n) is 12.7. The van der Waals surface area contributed by atoms with E-state index in [0.29, 0.717) is 15.6 Å². The van der Waals surface area contributed by atoms with Crippen LogP contribution in [0, 0.1) is 13.8 Å². The van der Waals surface area contributed by atoms with Crippen molar-refractivity contribution in [3.05, 3.63) is 45.4 Å².